The first-order chi connectivity index (χ1) is 9.59. The van der Waals surface area contributed by atoms with Crippen LogP contribution in [0.2, 0.25) is 0 Å². The van der Waals surface area contributed by atoms with Gasteiger partial charge in [0, 0.05) is 30.9 Å². The molecule has 1 fully saturated rings. The first kappa shape index (κ1) is 15.4. The zero-order valence-corrected chi connectivity index (χ0v) is 12.9. The van der Waals surface area contributed by atoms with Gasteiger partial charge in [-0.05, 0) is 45.4 Å². The minimum absolute atomic E-state index is 0.0460. The van der Waals surface area contributed by atoms with Crippen molar-refractivity contribution in [2.24, 2.45) is 5.73 Å². The number of hydrogen-bond donors (Lipinski definition) is 1. The van der Waals surface area contributed by atoms with Gasteiger partial charge in [-0.15, -0.1) is 0 Å². The zero-order valence-electron chi connectivity index (χ0n) is 12.9. The molecule has 4 nitrogen and oxygen atoms in total. The number of aryl methyl sites for hydroxylation is 1. The SMILES string of the molecule is CCC1CC(CN)(N(C)Cc2cccc(C)n2)CCO1. The Hall–Kier alpha value is -0.970. The highest BCUT2D eigenvalue weighted by molar-refractivity contribution is 5.10. The fourth-order valence-electron chi connectivity index (χ4n) is 3.05. The highest BCUT2D eigenvalue weighted by atomic mass is 16.5. The smallest absolute Gasteiger partial charge is 0.0590 e. The van der Waals surface area contributed by atoms with E-state index in [2.05, 4.69) is 36.0 Å². The van der Waals surface area contributed by atoms with Gasteiger partial charge in [0.1, 0.15) is 0 Å². The second-order valence-electron chi connectivity index (χ2n) is 5.91. The maximum atomic E-state index is 6.12. The molecule has 1 aliphatic rings. The van der Waals surface area contributed by atoms with Crippen molar-refractivity contribution in [1.29, 1.82) is 0 Å². The number of likely N-dealkylation sites (N-methyl/N-ethyl adjacent to an activating group) is 1. The predicted molar refractivity (Wildman–Crippen MR) is 81.5 cm³/mol. The number of ether oxygens (including phenoxy) is 1. The highest BCUT2D eigenvalue weighted by Gasteiger charge is 2.38. The van der Waals surface area contributed by atoms with Crippen LogP contribution in [-0.4, -0.2) is 41.7 Å². The molecule has 2 atom stereocenters. The molecular weight excluding hydrogens is 250 g/mol. The Labute approximate surface area is 122 Å². The number of hydrogen-bond acceptors (Lipinski definition) is 4. The van der Waals surface area contributed by atoms with Crippen molar-refractivity contribution in [1.82, 2.24) is 9.88 Å². The lowest BCUT2D eigenvalue weighted by Gasteiger charge is -2.46. The quantitative estimate of drug-likeness (QED) is 0.895. The van der Waals surface area contributed by atoms with Crippen LogP contribution in [0, 0.1) is 6.92 Å². The molecule has 20 heavy (non-hydrogen) atoms. The minimum atomic E-state index is 0.0460. The van der Waals surface area contributed by atoms with E-state index in [1.807, 2.05) is 13.0 Å². The molecule has 0 aliphatic carbocycles. The van der Waals surface area contributed by atoms with Gasteiger partial charge in [0.05, 0.1) is 11.8 Å². The van der Waals surface area contributed by atoms with Crippen molar-refractivity contribution in [3.8, 4) is 0 Å². The number of rotatable bonds is 5. The van der Waals surface area contributed by atoms with E-state index in [0.717, 1.165) is 43.8 Å². The van der Waals surface area contributed by atoms with Crippen LogP contribution in [0.15, 0.2) is 18.2 Å². The van der Waals surface area contributed by atoms with E-state index in [4.69, 9.17) is 10.5 Å². The van der Waals surface area contributed by atoms with Gasteiger partial charge in [0.2, 0.25) is 0 Å². The van der Waals surface area contributed by atoms with Crippen molar-refractivity contribution in [3.63, 3.8) is 0 Å². The van der Waals surface area contributed by atoms with Crippen LogP contribution in [0.4, 0.5) is 0 Å². The Bertz CT molecular complexity index is 437. The average Bonchev–Trinajstić information content (AvgIpc) is 2.47. The van der Waals surface area contributed by atoms with Gasteiger partial charge in [-0.25, -0.2) is 0 Å². The van der Waals surface area contributed by atoms with Crippen molar-refractivity contribution >= 4 is 0 Å². The van der Waals surface area contributed by atoms with E-state index >= 15 is 0 Å². The van der Waals surface area contributed by atoms with Gasteiger partial charge < -0.3 is 10.5 Å². The average molecular weight is 277 g/mol. The molecule has 0 aromatic carbocycles. The summed E-state index contributed by atoms with van der Waals surface area (Å²) in [6, 6.07) is 6.19. The van der Waals surface area contributed by atoms with Crippen molar-refractivity contribution in [3.05, 3.63) is 29.6 Å². The number of nitrogens with zero attached hydrogens (tertiary/aromatic N) is 2. The van der Waals surface area contributed by atoms with Crippen molar-refractivity contribution < 1.29 is 4.74 Å². The largest absolute Gasteiger partial charge is 0.378 e. The molecule has 2 heterocycles. The number of pyridine rings is 1. The fourth-order valence-corrected chi connectivity index (χ4v) is 3.05. The Morgan fingerprint density at radius 3 is 2.95 bits per heavy atom. The van der Waals surface area contributed by atoms with Crippen LogP contribution in [0.25, 0.3) is 0 Å². The molecule has 112 valence electrons. The van der Waals surface area contributed by atoms with E-state index in [0.29, 0.717) is 12.6 Å². The van der Waals surface area contributed by atoms with E-state index in [1.165, 1.54) is 0 Å². The van der Waals surface area contributed by atoms with Gasteiger partial charge in [0.15, 0.2) is 0 Å². The molecule has 1 aliphatic heterocycles. The summed E-state index contributed by atoms with van der Waals surface area (Å²) in [4.78, 5) is 6.97. The molecule has 2 rings (SSSR count). The maximum absolute atomic E-state index is 6.12. The predicted octanol–water partition coefficient (Wildman–Crippen LogP) is 2.11. The van der Waals surface area contributed by atoms with E-state index in [-0.39, 0.29) is 5.54 Å². The van der Waals surface area contributed by atoms with E-state index < -0.39 is 0 Å². The standard InChI is InChI=1S/C16H27N3O/c1-4-15-10-16(12-17,8-9-20-15)19(3)11-14-7-5-6-13(2)18-14/h5-7,15H,4,8-12,17H2,1-3H3. The summed E-state index contributed by atoms with van der Waals surface area (Å²) in [7, 11) is 2.16. The molecular formula is C16H27N3O. The molecule has 0 bridgehead atoms. The molecule has 1 aromatic rings. The third-order valence-corrected chi connectivity index (χ3v) is 4.52. The van der Waals surface area contributed by atoms with Gasteiger partial charge in [-0.3, -0.25) is 9.88 Å². The van der Waals surface area contributed by atoms with Crippen LogP contribution < -0.4 is 5.73 Å². The normalized spacial score (nSPS) is 26.9. The monoisotopic (exact) mass is 277 g/mol. The summed E-state index contributed by atoms with van der Waals surface area (Å²) < 4.78 is 5.81. The second-order valence-corrected chi connectivity index (χ2v) is 5.91. The molecule has 2 N–H and O–H groups in total. The molecule has 4 heteroatoms. The van der Waals surface area contributed by atoms with Crippen LogP contribution >= 0.6 is 0 Å². The molecule has 2 unspecified atom stereocenters. The molecule has 1 saturated heterocycles. The van der Waals surface area contributed by atoms with Crippen LogP contribution in [0.3, 0.4) is 0 Å². The summed E-state index contributed by atoms with van der Waals surface area (Å²) in [6.07, 6.45) is 3.41. The first-order valence-electron chi connectivity index (χ1n) is 7.55. The first-order valence-corrected chi connectivity index (χ1v) is 7.55. The third kappa shape index (κ3) is 3.37. The van der Waals surface area contributed by atoms with Crippen LogP contribution in [-0.2, 0) is 11.3 Å². The zero-order chi connectivity index (χ0) is 14.6. The molecule has 0 saturated carbocycles. The van der Waals surface area contributed by atoms with E-state index in [9.17, 15) is 0 Å². The Morgan fingerprint density at radius 1 is 1.50 bits per heavy atom. The lowest BCUT2D eigenvalue weighted by Crippen LogP contribution is -2.56. The second kappa shape index (κ2) is 6.66. The summed E-state index contributed by atoms with van der Waals surface area (Å²) in [5.41, 5.74) is 8.34. The summed E-state index contributed by atoms with van der Waals surface area (Å²) in [5.74, 6) is 0. The van der Waals surface area contributed by atoms with E-state index in [1.54, 1.807) is 0 Å². The summed E-state index contributed by atoms with van der Waals surface area (Å²) in [6.45, 7) is 6.54. The van der Waals surface area contributed by atoms with Gasteiger partial charge >= 0.3 is 0 Å². The Balaban J connectivity index is 2.10. The van der Waals surface area contributed by atoms with Crippen LogP contribution in [0.1, 0.15) is 37.6 Å². The maximum Gasteiger partial charge on any atom is 0.0590 e. The van der Waals surface area contributed by atoms with Gasteiger partial charge in [-0.1, -0.05) is 13.0 Å². The minimum Gasteiger partial charge on any atom is -0.378 e. The summed E-state index contributed by atoms with van der Waals surface area (Å²) in [5, 5.41) is 0. The summed E-state index contributed by atoms with van der Waals surface area (Å²) >= 11 is 0. The van der Waals surface area contributed by atoms with Crippen LogP contribution in [0.5, 0.6) is 0 Å². The van der Waals surface area contributed by atoms with Gasteiger partial charge in [-0.2, -0.15) is 0 Å². The van der Waals surface area contributed by atoms with Crippen molar-refractivity contribution in [2.75, 3.05) is 20.2 Å². The Kier molecular flexibility index (Phi) is 5.13. The number of aromatic nitrogens is 1. The lowest BCUT2D eigenvalue weighted by atomic mass is 9.84. The fraction of sp³-hybridized carbons (Fsp3) is 0.688. The third-order valence-electron chi connectivity index (χ3n) is 4.52. The number of nitrogens with two attached hydrogens (primary N) is 1. The Morgan fingerprint density at radius 2 is 2.30 bits per heavy atom. The molecule has 0 amide bonds. The molecule has 1 aromatic heterocycles. The topological polar surface area (TPSA) is 51.4 Å². The molecule has 0 spiro atoms. The van der Waals surface area contributed by atoms with Gasteiger partial charge in [0.25, 0.3) is 0 Å². The highest BCUT2D eigenvalue weighted by Crippen LogP contribution is 2.31. The molecule has 0 radical (unpaired) electrons. The lowest BCUT2D eigenvalue weighted by molar-refractivity contribution is -0.0674. The van der Waals surface area contributed by atoms with Crippen molar-refractivity contribution in [2.45, 2.75) is 51.3 Å².